The lowest BCUT2D eigenvalue weighted by Crippen LogP contribution is -2.67. The Hall–Kier alpha value is -1.19. The van der Waals surface area contributed by atoms with Gasteiger partial charge in [-0.05, 0) is 83.0 Å². The van der Waals surface area contributed by atoms with Crippen molar-refractivity contribution in [1.29, 1.82) is 0 Å². The molecule has 2 amide bonds. The standard InChI is InChI=1S/C25H42N4O4S/c1-17-16-27(25(31)20-5-3-6-20)24-15-21(9-12-23(24)29(17)18(2)30)19-7-10-22(11-8-19)34(32,33)28-14-4-13-26-28/h17,19-24,26H,3-16H2,1-2H3/t17-,19?,21?,22?,23?,24?/m0/s1. The van der Waals surface area contributed by atoms with Gasteiger partial charge in [0.1, 0.15) is 0 Å². The van der Waals surface area contributed by atoms with Crippen molar-refractivity contribution < 1.29 is 18.0 Å². The molecule has 3 aliphatic carbocycles. The molecule has 2 heterocycles. The van der Waals surface area contributed by atoms with Crippen LogP contribution in [0.2, 0.25) is 0 Å². The van der Waals surface area contributed by atoms with E-state index in [-0.39, 0.29) is 35.2 Å². The summed E-state index contributed by atoms with van der Waals surface area (Å²) in [4.78, 5) is 30.1. The van der Waals surface area contributed by atoms with Gasteiger partial charge in [0.15, 0.2) is 0 Å². The Kier molecular flexibility index (Phi) is 6.99. The number of carbonyl (C=O) groups is 2. The van der Waals surface area contributed by atoms with E-state index < -0.39 is 10.0 Å². The maximum absolute atomic E-state index is 13.4. The van der Waals surface area contributed by atoms with Crippen LogP contribution in [0, 0.1) is 17.8 Å². The molecule has 5 aliphatic rings. The van der Waals surface area contributed by atoms with Crippen molar-refractivity contribution >= 4 is 21.8 Å². The number of carbonyl (C=O) groups excluding carboxylic acids is 2. The van der Waals surface area contributed by atoms with Gasteiger partial charge in [0.2, 0.25) is 21.8 Å². The van der Waals surface area contributed by atoms with E-state index in [1.807, 2.05) is 0 Å². The minimum atomic E-state index is -3.26. The number of rotatable bonds is 4. The number of hydrogen-bond donors (Lipinski definition) is 1. The van der Waals surface area contributed by atoms with E-state index in [4.69, 9.17) is 0 Å². The van der Waals surface area contributed by atoms with E-state index >= 15 is 0 Å². The Morgan fingerprint density at radius 2 is 1.59 bits per heavy atom. The van der Waals surface area contributed by atoms with Crippen molar-refractivity contribution in [3.05, 3.63) is 0 Å². The average Bonchev–Trinajstić information content (AvgIpc) is 3.33. The van der Waals surface area contributed by atoms with Gasteiger partial charge in [-0.2, -0.15) is 0 Å². The molecule has 3 saturated carbocycles. The summed E-state index contributed by atoms with van der Waals surface area (Å²) in [5.41, 5.74) is 3.03. The molecule has 4 atom stereocenters. The minimum absolute atomic E-state index is 0.0687. The fraction of sp³-hybridized carbons (Fsp3) is 0.920. The van der Waals surface area contributed by atoms with Crippen molar-refractivity contribution in [3.63, 3.8) is 0 Å². The van der Waals surface area contributed by atoms with E-state index in [1.165, 1.54) is 4.41 Å². The summed E-state index contributed by atoms with van der Waals surface area (Å²) in [6.07, 6.45) is 10.4. The van der Waals surface area contributed by atoms with Crippen LogP contribution in [0.15, 0.2) is 0 Å². The van der Waals surface area contributed by atoms with Crippen molar-refractivity contribution in [2.45, 2.75) is 108 Å². The lowest BCUT2D eigenvalue weighted by molar-refractivity contribution is -0.159. The first kappa shape index (κ1) is 24.5. The monoisotopic (exact) mass is 494 g/mol. The average molecular weight is 495 g/mol. The molecule has 0 bridgehead atoms. The molecule has 0 spiro atoms. The third-order valence-electron chi connectivity index (χ3n) is 9.56. The SMILES string of the molecule is CC(=O)N1C2CCC(C3CCC(S(=O)(=O)N4CCCN4)CC3)CC2N(C(=O)C2CCC2)C[C@@H]1C. The first-order valence-corrected chi connectivity index (χ1v) is 15.1. The molecular weight excluding hydrogens is 452 g/mol. The number of hydrogen-bond acceptors (Lipinski definition) is 5. The summed E-state index contributed by atoms with van der Waals surface area (Å²) in [5.74, 6) is 1.64. The van der Waals surface area contributed by atoms with Crippen molar-refractivity contribution in [1.82, 2.24) is 19.6 Å². The Balaban J connectivity index is 1.26. The smallest absolute Gasteiger partial charge is 0.229 e. The van der Waals surface area contributed by atoms with Crippen molar-refractivity contribution in [2.75, 3.05) is 19.6 Å². The van der Waals surface area contributed by atoms with Crippen LogP contribution in [0.25, 0.3) is 0 Å². The quantitative estimate of drug-likeness (QED) is 0.649. The number of hydrazine groups is 1. The summed E-state index contributed by atoms with van der Waals surface area (Å²) in [7, 11) is -3.26. The normalized spacial score (nSPS) is 37.8. The highest BCUT2D eigenvalue weighted by Crippen LogP contribution is 2.44. The van der Waals surface area contributed by atoms with Gasteiger partial charge in [-0.25, -0.2) is 13.8 Å². The van der Waals surface area contributed by atoms with Crippen molar-refractivity contribution in [2.24, 2.45) is 17.8 Å². The fourth-order valence-corrected chi connectivity index (χ4v) is 9.41. The number of nitrogens with one attached hydrogen (secondary N) is 1. The molecule has 8 nitrogen and oxygen atoms in total. The third-order valence-corrected chi connectivity index (χ3v) is 11.8. The topological polar surface area (TPSA) is 90.0 Å². The molecule has 2 saturated heterocycles. The molecule has 5 fully saturated rings. The summed E-state index contributed by atoms with van der Waals surface area (Å²) in [6.45, 7) is 5.73. The van der Waals surface area contributed by atoms with E-state index in [1.54, 1.807) is 6.92 Å². The molecule has 192 valence electrons. The highest BCUT2D eigenvalue weighted by molar-refractivity contribution is 7.89. The molecule has 0 radical (unpaired) electrons. The van der Waals surface area contributed by atoms with Gasteiger partial charge in [-0.1, -0.05) is 6.42 Å². The Bertz CT molecular complexity index is 877. The largest absolute Gasteiger partial charge is 0.335 e. The highest BCUT2D eigenvalue weighted by atomic mass is 32.2. The zero-order valence-electron chi connectivity index (χ0n) is 20.8. The van der Waals surface area contributed by atoms with Gasteiger partial charge >= 0.3 is 0 Å². The molecule has 0 aromatic carbocycles. The third kappa shape index (κ3) is 4.41. The van der Waals surface area contributed by atoms with Gasteiger partial charge < -0.3 is 9.80 Å². The van der Waals surface area contributed by atoms with E-state index in [9.17, 15) is 18.0 Å². The molecule has 3 unspecified atom stereocenters. The number of nitrogens with zero attached hydrogens (tertiary/aromatic N) is 3. The summed E-state index contributed by atoms with van der Waals surface area (Å²) >= 11 is 0. The summed E-state index contributed by atoms with van der Waals surface area (Å²) < 4.78 is 27.5. The van der Waals surface area contributed by atoms with Crippen LogP contribution in [0.4, 0.5) is 0 Å². The second kappa shape index (κ2) is 9.69. The number of sulfonamides is 1. The summed E-state index contributed by atoms with van der Waals surface area (Å²) in [6, 6.07) is 0.306. The molecule has 0 aromatic heterocycles. The van der Waals surface area contributed by atoms with Crippen LogP contribution in [-0.2, 0) is 19.6 Å². The van der Waals surface area contributed by atoms with Gasteiger partial charge in [-0.3, -0.25) is 9.59 Å². The van der Waals surface area contributed by atoms with Crippen LogP contribution in [-0.4, -0.2) is 77.5 Å². The molecule has 1 N–H and O–H groups in total. The fourth-order valence-electron chi connectivity index (χ4n) is 7.53. The molecule has 0 aromatic rings. The van der Waals surface area contributed by atoms with Gasteiger partial charge in [0.25, 0.3) is 0 Å². The van der Waals surface area contributed by atoms with Gasteiger partial charge in [0.05, 0.1) is 17.3 Å². The van der Waals surface area contributed by atoms with Gasteiger partial charge in [0, 0.05) is 38.5 Å². The second-order valence-corrected chi connectivity index (χ2v) is 13.7. The van der Waals surface area contributed by atoms with Crippen LogP contribution in [0.3, 0.4) is 0 Å². The van der Waals surface area contributed by atoms with E-state index in [0.717, 1.165) is 77.2 Å². The van der Waals surface area contributed by atoms with Crippen LogP contribution in [0.1, 0.15) is 84.5 Å². The zero-order valence-corrected chi connectivity index (χ0v) is 21.6. The zero-order chi connectivity index (χ0) is 24.0. The lowest BCUT2D eigenvalue weighted by Gasteiger charge is -2.55. The van der Waals surface area contributed by atoms with E-state index in [0.29, 0.717) is 30.8 Å². The number of piperazine rings is 1. The van der Waals surface area contributed by atoms with E-state index in [2.05, 4.69) is 22.1 Å². The number of amides is 2. The highest BCUT2D eigenvalue weighted by Gasteiger charge is 2.49. The van der Waals surface area contributed by atoms with Crippen molar-refractivity contribution in [3.8, 4) is 0 Å². The second-order valence-electron chi connectivity index (χ2n) is 11.5. The molecule has 2 aliphatic heterocycles. The maximum Gasteiger partial charge on any atom is 0.229 e. The Labute approximate surface area is 204 Å². The first-order chi connectivity index (χ1) is 16.3. The number of fused-ring (bicyclic) bond motifs is 1. The molecule has 5 rings (SSSR count). The molecule has 34 heavy (non-hydrogen) atoms. The summed E-state index contributed by atoms with van der Waals surface area (Å²) in [5, 5.41) is -0.272. The maximum atomic E-state index is 13.4. The minimum Gasteiger partial charge on any atom is -0.335 e. The lowest BCUT2D eigenvalue weighted by atomic mass is 9.69. The van der Waals surface area contributed by atoms with Crippen LogP contribution in [0.5, 0.6) is 0 Å². The molecule has 9 heteroatoms. The predicted molar refractivity (Wildman–Crippen MR) is 130 cm³/mol. The predicted octanol–water partition coefficient (Wildman–Crippen LogP) is 2.50. The molecular formula is C25H42N4O4S. The van der Waals surface area contributed by atoms with Crippen LogP contribution < -0.4 is 5.43 Å². The van der Waals surface area contributed by atoms with Gasteiger partial charge in [-0.15, -0.1) is 4.41 Å². The first-order valence-electron chi connectivity index (χ1n) is 13.6. The van der Waals surface area contributed by atoms with Crippen LogP contribution >= 0.6 is 0 Å². The Morgan fingerprint density at radius 3 is 2.18 bits per heavy atom. The Morgan fingerprint density at radius 1 is 0.882 bits per heavy atom.